The first-order valence-electron chi connectivity index (χ1n) is 9.95. The van der Waals surface area contributed by atoms with E-state index in [1.54, 1.807) is 30.6 Å². The summed E-state index contributed by atoms with van der Waals surface area (Å²) in [5.41, 5.74) is 7.31. The van der Waals surface area contributed by atoms with Gasteiger partial charge in [0.25, 0.3) is 5.95 Å². The summed E-state index contributed by atoms with van der Waals surface area (Å²) in [7, 11) is 0. The van der Waals surface area contributed by atoms with Crippen molar-refractivity contribution in [2.24, 2.45) is 5.73 Å². The van der Waals surface area contributed by atoms with Crippen LogP contribution < -0.4 is 21.5 Å². The van der Waals surface area contributed by atoms with Crippen molar-refractivity contribution < 1.29 is 4.74 Å². The predicted octanol–water partition coefficient (Wildman–Crippen LogP) is 2.23. The lowest BCUT2D eigenvalue weighted by Gasteiger charge is -2.19. The van der Waals surface area contributed by atoms with Gasteiger partial charge in [0.2, 0.25) is 0 Å². The Bertz CT molecular complexity index is 1270. The number of aromatic nitrogens is 5. The predicted molar refractivity (Wildman–Crippen MR) is 120 cm³/mol. The van der Waals surface area contributed by atoms with E-state index in [2.05, 4.69) is 25.4 Å². The number of hydrogen-bond donors (Lipinski definition) is 4. The van der Waals surface area contributed by atoms with Crippen LogP contribution in [0.1, 0.15) is 29.9 Å². The number of benzene rings is 2. The van der Waals surface area contributed by atoms with Crippen LogP contribution in [0.5, 0.6) is 5.75 Å². The van der Waals surface area contributed by atoms with Crippen molar-refractivity contribution in [2.75, 3.05) is 11.9 Å². The topological polar surface area (TPSA) is 148 Å². The van der Waals surface area contributed by atoms with Crippen LogP contribution in [0, 0.1) is 5.41 Å². The highest BCUT2D eigenvalue weighted by atomic mass is 16.5. The number of ether oxygens (including phenoxy) is 1. The number of nitrogens with one attached hydrogen (secondary N) is 3. The summed E-state index contributed by atoms with van der Waals surface area (Å²) in [6.45, 7) is 2.45. The van der Waals surface area contributed by atoms with E-state index in [0.29, 0.717) is 23.7 Å². The van der Waals surface area contributed by atoms with Crippen LogP contribution in [0.3, 0.4) is 0 Å². The number of aromatic amines is 1. The minimum Gasteiger partial charge on any atom is -0.494 e. The van der Waals surface area contributed by atoms with Crippen LogP contribution in [-0.2, 0) is 0 Å². The average Bonchev–Trinajstić information content (AvgIpc) is 3.20. The fraction of sp³-hybridized carbons (Fsp3) is 0.136. The molecule has 5 N–H and O–H groups in total. The summed E-state index contributed by atoms with van der Waals surface area (Å²) < 4.78 is 6.76. The van der Waals surface area contributed by atoms with Crippen molar-refractivity contribution in [3.8, 4) is 11.7 Å². The number of hydrogen-bond acceptors (Lipinski definition) is 7. The SMILES string of the molecule is CCOc1cccc(C(Nc2ccc(C(=N)N)cc2)c2nn(-c3ncccn3)c(=O)[nH]2)c1. The summed E-state index contributed by atoms with van der Waals surface area (Å²) >= 11 is 0. The number of rotatable bonds is 8. The molecule has 2 aromatic carbocycles. The Morgan fingerprint density at radius 3 is 2.62 bits per heavy atom. The maximum atomic E-state index is 12.6. The van der Waals surface area contributed by atoms with E-state index < -0.39 is 11.7 Å². The molecule has 0 aliphatic heterocycles. The molecule has 2 heterocycles. The number of nitrogens with zero attached hydrogens (tertiary/aromatic N) is 4. The van der Waals surface area contributed by atoms with Gasteiger partial charge in [-0.3, -0.25) is 10.4 Å². The summed E-state index contributed by atoms with van der Waals surface area (Å²) in [4.78, 5) is 23.6. The molecule has 0 radical (unpaired) electrons. The molecule has 0 aliphatic carbocycles. The molecule has 4 rings (SSSR count). The van der Waals surface area contributed by atoms with Crippen molar-refractivity contribution in [2.45, 2.75) is 13.0 Å². The lowest BCUT2D eigenvalue weighted by atomic mass is 10.0. The van der Waals surface area contributed by atoms with E-state index in [1.807, 2.05) is 43.3 Å². The summed E-state index contributed by atoms with van der Waals surface area (Å²) in [5, 5.41) is 15.4. The lowest BCUT2D eigenvalue weighted by Crippen LogP contribution is -2.18. The maximum absolute atomic E-state index is 12.6. The zero-order valence-electron chi connectivity index (χ0n) is 17.3. The first-order valence-corrected chi connectivity index (χ1v) is 9.95. The van der Waals surface area contributed by atoms with Gasteiger partial charge < -0.3 is 15.8 Å². The Labute approximate surface area is 183 Å². The zero-order chi connectivity index (χ0) is 22.5. The minimum absolute atomic E-state index is 0.0107. The molecule has 32 heavy (non-hydrogen) atoms. The van der Waals surface area contributed by atoms with Crippen LogP contribution in [0.25, 0.3) is 5.95 Å². The van der Waals surface area contributed by atoms with Gasteiger partial charge in [0.05, 0.1) is 6.61 Å². The van der Waals surface area contributed by atoms with Crippen molar-refractivity contribution in [1.29, 1.82) is 5.41 Å². The molecule has 0 saturated heterocycles. The summed E-state index contributed by atoms with van der Waals surface area (Å²) in [6, 6.07) is 15.8. The monoisotopic (exact) mass is 430 g/mol. The number of anilines is 1. The molecule has 0 saturated carbocycles. The van der Waals surface area contributed by atoms with E-state index >= 15 is 0 Å². The fourth-order valence-electron chi connectivity index (χ4n) is 3.18. The molecule has 0 fully saturated rings. The second-order valence-corrected chi connectivity index (χ2v) is 6.85. The molecule has 0 aliphatic rings. The number of H-pyrrole nitrogens is 1. The molecule has 162 valence electrons. The highest BCUT2D eigenvalue weighted by Crippen LogP contribution is 2.27. The van der Waals surface area contributed by atoms with E-state index in [4.69, 9.17) is 15.9 Å². The van der Waals surface area contributed by atoms with Gasteiger partial charge >= 0.3 is 5.69 Å². The maximum Gasteiger partial charge on any atom is 0.350 e. The van der Waals surface area contributed by atoms with E-state index in [9.17, 15) is 4.79 Å². The van der Waals surface area contributed by atoms with Crippen molar-refractivity contribution in [3.63, 3.8) is 0 Å². The molecular weight excluding hydrogens is 408 g/mol. The first-order chi connectivity index (χ1) is 15.5. The van der Waals surface area contributed by atoms with Gasteiger partial charge in [-0.05, 0) is 55.0 Å². The van der Waals surface area contributed by atoms with Gasteiger partial charge in [0, 0.05) is 23.6 Å². The average molecular weight is 430 g/mol. The number of amidine groups is 1. The third kappa shape index (κ3) is 4.48. The first kappa shape index (κ1) is 20.8. The Morgan fingerprint density at radius 1 is 1.19 bits per heavy atom. The van der Waals surface area contributed by atoms with Gasteiger partial charge in [-0.2, -0.15) is 0 Å². The van der Waals surface area contributed by atoms with E-state index in [-0.39, 0.29) is 11.8 Å². The molecule has 1 unspecified atom stereocenters. The second kappa shape index (κ2) is 9.13. The normalized spacial score (nSPS) is 11.7. The quantitative estimate of drug-likeness (QED) is 0.247. The van der Waals surface area contributed by atoms with Crippen LogP contribution in [0.2, 0.25) is 0 Å². The minimum atomic E-state index is -0.503. The lowest BCUT2D eigenvalue weighted by molar-refractivity contribution is 0.340. The fourth-order valence-corrected chi connectivity index (χ4v) is 3.18. The van der Waals surface area contributed by atoms with Crippen LogP contribution in [0.4, 0.5) is 5.69 Å². The Kier molecular flexibility index (Phi) is 5.93. The zero-order valence-corrected chi connectivity index (χ0v) is 17.3. The van der Waals surface area contributed by atoms with Gasteiger partial charge in [0.15, 0.2) is 5.82 Å². The van der Waals surface area contributed by atoms with E-state index in [1.165, 1.54) is 0 Å². The molecule has 0 amide bonds. The van der Waals surface area contributed by atoms with Crippen LogP contribution in [0.15, 0.2) is 71.8 Å². The Morgan fingerprint density at radius 2 is 1.94 bits per heavy atom. The molecule has 10 heteroatoms. The van der Waals surface area contributed by atoms with Crippen molar-refractivity contribution in [1.82, 2.24) is 24.7 Å². The van der Waals surface area contributed by atoms with E-state index in [0.717, 1.165) is 15.9 Å². The third-order valence-corrected chi connectivity index (χ3v) is 4.66. The van der Waals surface area contributed by atoms with Gasteiger partial charge in [-0.25, -0.2) is 14.8 Å². The second-order valence-electron chi connectivity index (χ2n) is 6.85. The molecule has 1 atom stereocenters. The molecule has 4 aromatic rings. The summed E-state index contributed by atoms with van der Waals surface area (Å²) in [5.74, 6) is 1.25. The molecule has 0 bridgehead atoms. The Balaban J connectivity index is 1.75. The van der Waals surface area contributed by atoms with Crippen molar-refractivity contribution >= 4 is 11.5 Å². The van der Waals surface area contributed by atoms with Gasteiger partial charge in [-0.15, -0.1) is 9.78 Å². The Hall–Kier alpha value is -4.47. The highest BCUT2D eigenvalue weighted by molar-refractivity contribution is 5.95. The number of nitrogen functional groups attached to an aromatic ring is 1. The highest BCUT2D eigenvalue weighted by Gasteiger charge is 2.21. The van der Waals surface area contributed by atoms with Crippen molar-refractivity contribution in [3.05, 3.63) is 94.4 Å². The van der Waals surface area contributed by atoms with Gasteiger partial charge in [-0.1, -0.05) is 12.1 Å². The van der Waals surface area contributed by atoms with Crippen LogP contribution in [-0.4, -0.2) is 37.2 Å². The summed E-state index contributed by atoms with van der Waals surface area (Å²) in [6.07, 6.45) is 3.09. The molecular formula is C22H22N8O2. The molecule has 2 aromatic heterocycles. The molecule has 0 spiro atoms. The number of nitrogens with two attached hydrogens (primary N) is 1. The standard InChI is InChI=1S/C22H22N8O2/c1-2-32-17-6-3-5-15(13-17)18(27-16-9-7-14(8-10-16)19(23)24)20-28-22(31)30(29-20)21-25-11-4-12-26-21/h3-13,18,27H,2H2,1H3,(H3,23,24)(H,28,29,31). The smallest absolute Gasteiger partial charge is 0.350 e. The molecule has 10 nitrogen and oxygen atoms in total. The van der Waals surface area contributed by atoms with Gasteiger partial charge in [0.1, 0.15) is 17.6 Å². The third-order valence-electron chi connectivity index (χ3n) is 4.66. The largest absolute Gasteiger partial charge is 0.494 e. The van der Waals surface area contributed by atoms with Crippen LogP contribution >= 0.6 is 0 Å².